The molecule has 0 saturated heterocycles. The molecule has 186 valence electrons. The molecule has 0 spiro atoms. The van der Waals surface area contributed by atoms with Gasteiger partial charge in [0.15, 0.2) is 5.60 Å². The van der Waals surface area contributed by atoms with E-state index < -0.39 is 5.60 Å². The molecular weight excluding hydrogens is 450 g/mol. The minimum atomic E-state index is -1.43. The number of aryl methyl sites for hydroxylation is 1. The molecule has 0 radical (unpaired) electrons. The fourth-order valence-corrected chi connectivity index (χ4v) is 4.89. The Hall–Kier alpha value is -3.60. The third-order valence-electron chi connectivity index (χ3n) is 6.66. The van der Waals surface area contributed by atoms with Crippen molar-refractivity contribution >= 4 is 10.9 Å². The molecule has 1 aliphatic rings. The van der Waals surface area contributed by atoms with Crippen molar-refractivity contribution in [2.75, 3.05) is 13.2 Å². The predicted octanol–water partition coefficient (Wildman–Crippen LogP) is 4.76. The number of hydrogen-bond donors (Lipinski definition) is 2. The van der Waals surface area contributed by atoms with E-state index in [1.807, 2.05) is 35.0 Å². The van der Waals surface area contributed by atoms with Crippen LogP contribution in [0.5, 0.6) is 5.75 Å². The van der Waals surface area contributed by atoms with E-state index in [2.05, 4.69) is 55.0 Å². The second-order valence-electron chi connectivity index (χ2n) is 10.3. The van der Waals surface area contributed by atoms with Gasteiger partial charge in [0.05, 0.1) is 30.6 Å². The molecule has 3 heterocycles. The first-order valence-corrected chi connectivity index (χ1v) is 12.5. The molecule has 0 saturated carbocycles. The highest BCUT2D eigenvalue weighted by Crippen LogP contribution is 2.37. The minimum absolute atomic E-state index is 0.212. The minimum Gasteiger partial charge on any atom is -0.491 e. The summed E-state index contributed by atoms with van der Waals surface area (Å²) >= 11 is 0. The molecule has 2 aromatic carbocycles. The van der Waals surface area contributed by atoms with E-state index in [9.17, 15) is 10.4 Å². The third-order valence-corrected chi connectivity index (χ3v) is 6.66. The highest BCUT2D eigenvalue weighted by Gasteiger charge is 2.26. The Bertz CT molecular complexity index is 1450. The molecule has 0 amide bonds. The number of rotatable bonds is 7. The van der Waals surface area contributed by atoms with E-state index in [0.717, 1.165) is 64.4 Å². The SMILES string of the molecule is Cc1cccc(OCC(C)C)c1-n1nc2c(c1-c1ccc3c(ccn3CC(C)(O)C#N)c1)CNCC2. The molecule has 2 aromatic heterocycles. The highest BCUT2D eigenvalue weighted by atomic mass is 16.5. The lowest BCUT2D eigenvalue weighted by molar-refractivity contribution is 0.101. The molecule has 0 bridgehead atoms. The summed E-state index contributed by atoms with van der Waals surface area (Å²) in [5, 5.41) is 29.2. The van der Waals surface area contributed by atoms with Gasteiger partial charge in [0, 0.05) is 47.7 Å². The van der Waals surface area contributed by atoms with Crippen molar-refractivity contribution in [2.24, 2.45) is 5.92 Å². The van der Waals surface area contributed by atoms with Gasteiger partial charge in [-0.05, 0) is 49.6 Å². The number of nitriles is 1. The smallest absolute Gasteiger partial charge is 0.165 e. The van der Waals surface area contributed by atoms with Crippen molar-refractivity contribution < 1.29 is 9.84 Å². The molecule has 1 aliphatic heterocycles. The van der Waals surface area contributed by atoms with Crippen molar-refractivity contribution in [3.8, 4) is 28.8 Å². The number of aliphatic hydroxyl groups is 1. The van der Waals surface area contributed by atoms with Gasteiger partial charge in [-0.1, -0.05) is 32.0 Å². The Labute approximate surface area is 211 Å². The summed E-state index contributed by atoms with van der Waals surface area (Å²) in [6.07, 6.45) is 2.80. The molecule has 0 aliphatic carbocycles. The second kappa shape index (κ2) is 9.45. The van der Waals surface area contributed by atoms with Crippen LogP contribution >= 0.6 is 0 Å². The van der Waals surface area contributed by atoms with Gasteiger partial charge in [0.25, 0.3) is 0 Å². The lowest BCUT2D eigenvalue weighted by Crippen LogP contribution is -2.27. The maximum atomic E-state index is 10.3. The first kappa shape index (κ1) is 24.1. The van der Waals surface area contributed by atoms with E-state index in [1.54, 1.807) is 0 Å². The molecule has 1 atom stereocenters. The van der Waals surface area contributed by atoms with Gasteiger partial charge < -0.3 is 19.7 Å². The lowest BCUT2D eigenvalue weighted by Gasteiger charge is -2.18. The Morgan fingerprint density at radius 3 is 2.86 bits per heavy atom. The number of fused-ring (bicyclic) bond motifs is 2. The van der Waals surface area contributed by atoms with Gasteiger partial charge in [-0.2, -0.15) is 10.4 Å². The number of ether oxygens (including phenoxy) is 1. The van der Waals surface area contributed by atoms with Crippen LogP contribution in [-0.2, 0) is 19.5 Å². The first-order valence-electron chi connectivity index (χ1n) is 12.5. The highest BCUT2D eigenvalue weighted by molar-refractivity contribution is 5.86. The van der Waals surface area contributed by atoms with Crippen molar-refractivity contribution in [1.82, 2.24) is 19.7 Å². The Morgan fingerprint density at radius 1 is 1.25 bits per heavy atom. The molecule has 2 N–H and O–H groups in total. The van der Waals surface area contributed by atoms with Crippen LogP contribution in [0.25, 0.3) is 27.8 Å². The monoisotopic (exact) mass is 483 g/mol. The molecule has 36 heavy (non-hydrogen) atoms. The van der Waals surface area contributed by atoms with E-state index in [0.29, 0.717) is 12.5 Å². The summed E-state index contributed by atoms with van der Waals surface area (Å²) in [7, 11) is 0. The van der Waals surface area contributed by atoms with Crippen LogP contribution < -0.4 is 10.1 Å². The van der Waals surface area contributed by atoms with Gasteiger partial charge in [-0.15, -0.1) is 0 Å². The molecule has 0 fully saturated rings. The van der Waals surface area contributed by atoms with Gasteiger partial charge in [0.2, 0.25) is 0 Å². The fraction of sp³-hybridized carbons (Fsp3) is 0.379. The Balaban J connectivity index is 1.65. The second-order valence-corrected chi connectivity index (χ2v) is 10.3. The van der Waals surface area contributed by atoms with Gasteiger partial charge in [-0.3, -0.25) is 0 Å². The predicted molar refractivity (Wildman–Crippen MR) is 141 cm³/mol. The molecule has 4 aromatic rings. The maximum Gasteiger partial charge on any atom is 0.165 e. The van der Waals surface area contributed by atoms with Crippen molar-refractivity contribution in [3.05, 3.63) is 65.5 Å². The van der Waals surface area contributed by atoms with Crippen LogP contribution in [0.1, 0.15) is 37.6 Å². The Kier molecular flexibility index (Phi) is 6.33. The third kappa shape index (κ3) is 4.50. The van der Waals surface area contributed by atoms with E-state index in [4.69, 9.17) is 9.84 Å². The topological polar surface area (TPSA) is 88.0 Å². The number of para-hydroxylation sites is 1. The van der Waals surface area contributed by atoms with Gasteiger partial charge in [0.1, 0.15) is 11.4 Å². The van der Waals surface area contributed by atoms with Gasteiger partial charge in [-0.25, -0.2) is 4.68 Å². The van der Waals surface area contributed by atoms with E-state index in [-0.39, 0.29) is 6.54 Å². The van der Waals surface area contributed by atoms with Crippen LogP contribution in [0.4, 0.5) is 0 Å². The number of benzene rings is 2. The summed E-state index contributed by atoms with van der Waals surface area (Å²) in [6.45, 7) is 10.5. The van der Waals surface area contributed by atoms with E-state index in [1.165, 1.54) is 12.5 Å². The largest absolute Gasteiger partial charge is 0.491 e. The Morgan fingerprint density at radius 2 is 2.08 bits per heavy atom. The van der Waals surface area contributed by atoms with Crippen LogP contribution in [0.3, 0.4) is 0 Å². The summed E-state index contributed by atoms with van der Waals surface area (Å²) in [5.41, 5.74) is 6.11. The van der Waals surface area contributed by atoms with Crippen molar-refractivity contribution in [3.63, 3.8) is 0 Å². The average Bonchev–Trinajstić information content (AvgIpc) is 3.43. The summed E-state index contributed by atoms with van der Waals surface area (Å²) in [5.74, 6) is 1.25. The number of nitrogens with one attached hydrogen (secondary N) is 1. The van der Waals surface area contributed by atoms with Crippen LogP contribution in [0, 0.1) is 24.2 Å². The zero-order valence-corrected chi connectivity index (χ0v) is 21.4. The maximum absolute atomic E-state index is 10.3. The fourth-order valence-electron chi connectivity index (χ4n) is 4.89. The lowest BCUT2D eigenvalue weighted by atomic mass is 10.0. The molecule has 5 rings (SSSR count). The molecular formula is C29H33N5O2. The van der Waals surface area contributed by atoms with Crippen LogP contribution in [-0.4, -0.2) is 38.2 Å². The number of aromatic nitrogens is 3. The van der Waals surface area contributed by atoms with E-state index >= 15 is 0 Å². The number of nitrogens with zero attached hydrogens (tertiary/aromatic N) is 4. The summed E-state index contributed by atoms with van der Waals surface area (Å²) < 4.78 is 10.3. The van der Waals surface area contributed by atoms with Crippen LogP contribution in [0.15, 0.2) is 48.7 Å². The number of hydrogen-bond acceptors (Lipinski definition) is 5. The van der Waals surface area contributed by atoms with Crippen molar-refractivity contribution in [2.45, 2.75) is 52.8 Å². The average molecular weight is 484 g/mol. The van der Waals surface area contributed by atoms with Crippen molar-refractivity contribution in [1.29, 1.82) is 5.26 Å². The van der Waals surface area contributed by atoms with Gasteiger partial charge >= 0.3 is 0 Å². The van der Waals surface area contributed by atoms with Crippen LogP contribution in [0.2, 0.25) is 0 Å². The summed E-state index contributed by atoms with van der Waals surface area (Å²) in [6, 6.07) is 16.5. The molecule has 7 heteroatoms. The summed E-state index contributed by atoms with van der Waals surface area (Å²) in [4.78, 5) is 0. The standard InChI is InChI=1S/C29H33N5O2/c1-19(2)16-36-26-7-5-6-20(3)27(26)34-28(23-15-31-12-10-24(23)32-34)22-8-9-25-21(14-22)11-13-33(25)18-29(4,35)17-30/h5-9,11,13-14,19,31,35H,10,12,15-16,18H2,1-4H3. The molecule has 7 nitrogen and oxygen atoms in total. The zero-order chi connectivity index (χ0) is 25.4. The zero-order valence-electron chi connectivity index (χ0n) is 21.4. The molecule has 1 unspecified atom stereocenters. The first-order chi connectivity index (χ1) is 17.3. The quantitative estimate of drug-likeness (QED) is 0.370. The normalized spacial score (nSPS) is 15.0.